The number of carbonyl (C=O) groups excluding carboxylic acids is 1. The highest BCUT2D eigenvalue weighted by atomic mass is 19.4. The lowest BCUT2D eigenvalue weighted by Gasteiger charge is -2.23. The molecule has 27 heavy (non-hydrogen) atoms. The van der Waals surface area contributed by atoms with Crippen molar-refractivity contribution in [3.05, 3.63) is 71.5 Å². The van der Waals surface area contributed by atoms with Crippen molar-refractivity contribution in [2.75, 3.05) is 0 Å². The van der Waals surface area contributed by atoms with Gasteiger partial charge in [-0.25, -0.2) is 4.39 Å². The van der Waals surface area contributed by atoms with Gasteiger partial charge in [0.2, 0.25) is 5.91 Å². The van der Waals surface area contributed by atoms with Gasteiger partial charge in [-0.1, -0.05) is 42.5 Å². The Balaban J connectivity index is 2.18. The molecule has 0 saturated heterocycles. The number of aliphatic carboxylic acids is 1. The molecule has 2 aromatic rings. The van der Waals surface area contributed by atoms with Crippen LogP contribution in [0.5, 0.6) is 0 Å². The van der Waals surface area contributed by atoms with Crippen molar-refractivity contribution in [2.24, 2.45) is 0 Å². The van der Waals surface area contributed by atoms with Gasteiger partial charge in [-0.3, -0.25) is 9.59 Å². The monoisotopic (exact) mass is 383 g/mol. The first kappa shape index (κ1) is 20.4. The summed E-state index contributed by atoms with van der Waals surface area (Å²) in [5.41, 5.74) is 0.229. The minimum atomic E-state index is -4.64. The molecule has 0 fully saturated rings. The van der Waals surface area contributed by atoms with Gasteiger partial charge in [-0.15, -0.1) is 0 Å². The molecular weight excluding hydrogens is 366 g/mol. The number of hydrogen-bond acceptors (Lipinski definition) is 2. The molecular formula is C19H17F4NO3. The number of carboxylic acid groups (broad SMARTS) is 1. The maximum absolute atomic E-state index is 13.4. The molecule has 0 saturated carbocycles. The number of carboxylic acids is 1. The first-order valence-electron chi connectivity index (χ1n) is 8.05. The average Bonchev–Trinajstić information content (AvgIpc) is 2.59. The first-order chi connectivity index (χ1) is 12.7. The molecule has 0 bridgehead atoms. The predicted octanol–water partition coefficient (Wildman–Crippen LogP) is 4.19. The summed E-state index contributed by atoms with van der Waals surface area (Å²) in [6, 6.07) is 10.7. The largest absolute Gasteiger partial charge is 0.481 e. The Morgan fingerprint density at radius 1 is 0.926 bits per heavy atom. The Morgan fingerprint density at radius 2 is 1.52 bits per heavy atom. The van der Waals surface area contributed by atoms with Crippen LogP contribution in [0.25, 0.3) is 0 Å². The van der Waals surface area contributed by atoms with E-state index in [1.807, 2.05) is 0 Å². The predicted molar refractivity (Wildman–Crippen MR) is 89.4 cm³/mol. The van der Waals surface area contributed by atoms with Crippen LogP contribution in [0.2, 0.25) is 0 Å². The van der Waals surface area contributed by atoms with Crippen molar-refractivity contribution in [1.29, 1.82) is 0 Å². The van der Waals surface area contributed by atoms with Gasteiger partial charge in [0.25, 0.3) is 0 Å². The van der Waals surface area contributed by atoms with E-state index in [4.69, 9.17) is 5.11 Å². The van der Waals surface area contributed by atoms with Crippen molar-refractivity contribution < 1.29 is 32.3 Å². The molecule has 0 spiro atoms. The Kier molecular flexibility index (Phi) is 6.55. The van der Waals surface area contributed by atoms with Crippen LogP contribution in [-0.4, -0.2) is 23.2 Å². The molecule has 8 heteroatoms. The first-order valence-corrected chi connectivity index (χ1v) is 8.05. The lowest BCUT2D eigenvalue weighted by atomic mass is 9.94. The van der Waals surface area contributed by atoms with Crippen LogP contribution in [0.3, 0.4) is 0 Å². The summed E-state index contributed by atoms with van der Waals surface area (Å²) in [6.45, 7) is 0. The fourth-order valence-corrected chi connectivity index (χ4v) is 2.67. The highest BCUT2D eigenvalue weighted by Gasteiger charge is 2.42. The summed E-state index contributed by atoms with van der Waals surface area (Å²) >= 11 is 0. The second-order valence-corrected chi connectivity index (χ2v) is 5.98. The molecule has 0 heterocycles. The van der Waals surface area contributed by atoms with Gasteiger partial charge in [-0.2, -0.15) is 13.2 Å². The molecule has 4 nitrogen and oxygen atoms in total. The van der Waals surface area contributed by atoms with E-state index in [0.717, 1.165) is 12.1 Å². The third kappa shape index (κ3) is 6.09. The van der Waals surface area contributed by atoms with E-state index < -0.39 is 48.7 Å². The van der Waals surface area contributed by atoms with Gasteiger partial charge >= 0.3 is 12.1 Å². The zero-order valence-electron chi connectivity index (χ0n) is 14.0. The van der Waals surface area contributed by atoms with E-state index in [1.54, 1.807) is 6.07 Å². The summed E-state index contributed by atoms with van der Waals surface area (Å²) in [5, 5.41) is 11.3. The maximum atomic E-state index is 13.4. The molecule has 2 rings (SSSR count). The third-order valence-corrected chi connectivity index (χ3v) is 3.97. The van der Waals surface area contributed by atoms with Crippen LogP contribution in [0.4, 0.5) is 17.6 Å². The summed E-state index contributed by atoms with van der Waals surface area (Å²) in [5.74, 6) is -4.77. The van der Waals surface area contributed by atoms with Gasteiger partial charge < -0.3 is 10.4 Å². The zero-order chi connectivity index (χ0) is 20.0. The van der Waals surface area contributed by atoms with Crippen LogP contribution in [-0.2, 0) is 9.59 Å². The standard InChI is InChI=1S/C19H17F4NO3/c20-14-8-6-13(7-9-14)16(11-18(26)27)24-17(25)10-15(19(21,22)23)12-4-2-1-3-5-12/h1-9,15-16H,10-11H2,(H,24,25)(H,26,27). The molecule has 144 valence electrons. The molecule has 2 unspecified atom stereocenters. The van der Waals surface area contributed by atoms with Crippen molar-refractivity contribution in [1.82, 2.24) is 5.32 Å². The Hall–Kier alpha value is -2.90. The number of rotatable bonds is 7. The van der Waals surface area contributed by atoms with Gasteiger partial charge in [0.15, 0.2) is 0 Å². The summed E-state index contributed by atoms with van der Waals surface area (Å²) in [6.07, 6.45) is -6.07. The fraction of sp³-hybridized carbons (Fsp3) is 0.263. The number of hydrogen-bond donors (Lipinski definition) is 2. The van der Waals surface area contributed by atoms with Crippen molar-refractivity contribution in [3.8, 4) is 0 Å². The Bertz CT molecular complexity index is 776. The molecule has 0 aromatic heterocycles. The fourth-order valence-electron chi connectivity index (χ4n) is 2.67. The number of amides is 1. The smallest absolute Gasteiger partial charge is 0.396 e. The normalized spacial score (nSPS) is 13.6. The Morgan fingerprint density at radius 3 is 2.04 bits per heavy atom. The molecule has 0 aliphatic carbocycles. The quantitative estimate of drug-likeness (QED) is 0.705. The molecule has 2 aromatic carbocycles. The molecule has 2 atom stereocenters. The Labute approximate surface area is 152 Å². The van der Waals surface area contributed by atoms with E-state index >= 15 is 0 Å². The summed E-state index contributed by atoms with van der Waals surface area (Å²) in [4.78, 5) is 23.3. The topological polar surface area (TPSA) is 66.4 Å². The second-order valence-electron chi connectivity index (χ2n) is 5.98. The van der Waals surface area contributed by atoms with E-state index in [2.05, 4.69) is 5.32 Å². The SMILES string of the molecule is O=C(O)CC(NC(=O)CC(c1ccccc1)C(F)(F)F)c1ccc(F)cc1. The number of alkyl halides is 3. The van der Waals surface area contributed by atoms with Crippen LogP contribution in [0.15, 0.2) is 54.6 Å². The van der Waals surface area contributed by atoms with E-state index in [-0.39, 0.29) is 11.1 Å². The molecule has 0 aliphatic heterocycles. The van der Waals surface area contributed by atoms with Gasteiger partial charge in [0.05, 0.1) is 18.4 Å². The second kappa shape index (κ2) is 8.66. The zero-order valence-corrected chi connectivity index (χ0v) is 14.0. The highest BCUT2D eigenvalue weighted by Crippen LogP contribution is 2.37. The van der Waals surface area contributed by atoms with Crippen LogP contribution in [0.1, 0.15) is 35.9 Å². The number of carbonyl (C=O) groups is 2. The van der Waals surface area contributed by atoms with Gasteiger partial charge in [-0.05, 0) is 23.3 Å². The summed E-state index contributed by atoms with van der Waals surface area (Å²) in [7, 11) is 0. The van der Waals surface area contributed by atoms with Crippen molar-refractivity contribution in [3.63, 3.8) is 0 Å². The van der Waals surface area contributed by atoms with Gasteiger partial charge in [0.1, 0.15) is 5.82 Å². The van der Waals surface area contributed by atoms with Crippen molar-refractivity contribution in [2.45, 2.75) is 31.0 Å². The lowest BCUT2D eigenvalue weighted by molar-refractivity contribution is -0.157. The molecule has 2 N–H and O–H groups in total. The third-order valence-electron chi connectivity index (χ3n) is 3.97. The lowest BCUT2D eigenvalue weighted by Crippen LogP contribution is -2.34. The highest BCUT2D eigenvalue weighted by molar-refractivity contribution is 5.78. The molecule has 0 aliphatic rings. The average molecular weight is 383 g/mol. The number of benzene rings is 2. The van der Waals surface area contributed by atoms with Crippen LogP contribution >= 0.6 is 0 Å². The van der Waals surface area contributed by atoms with Gasteiger partial charge in [0, 0.05) is 6.42 Å². The minimum absolute atomic E-state index is 0.0586. The van der Waals surface area contributed by atoms with E-state index in [1.165, 1.54) is 36.4 Å². The van der Waals surface area contributed by atoms with E-state index in [9.17, 15) is 27.2 Å². The molecule has 0 radical (unpaired) electrons. The van der Waals surface area contributed by atoms with Crippen LogP contribution in [0, 0.1) is 5.82 Å². The minimum Gasteiger partial charge on any atom is -0.481 e. The molecule has 1 amide bonds. The maximum Gasteiger partial charge on any atom is 0.396 e. The van der Waals surface area contributed by atoms with E-state index in [0.29, 0.717) is 0 Å². The number of nitrogens with one attached hydrogen (secondary N) is 1. The summed E-state index contributed by atoms with van der Waals surface area (Å²) < 4.78 is 53.1. The number of halogens is 4. The van der Waals surface area contributed by atoms with Crippen molar-refractivity contribution >= 4 is 11.9 Å². The van der Waals surface area contributed by atoms with Crippen LogP contribution < -0.4 is 5.32 Å².